The monoisotopic (exact) mass is 392 g/mol. The normalized spacial score (nSPS) is 11.8. The molecule has 1 aromatic heterocycles. The van der Waals surface area contributed by atoms with Crippen molar-refractivity contribution < 1.29 is 14.7 Å². The lowest BCUT2D eigenvalue weighted by Crippen LogP contribution is -2.32. The number of aliphatic carboxylic acids is 1. The highest BCUT2D eigenvalue weighted by molar-refractivity contribution is 5.94. The van der Waals surface area contributed by atoms with Gasteiger partial charge in [-0.15, -0.1) is 0 Å². The highest BCUT2D eigenvalue weighted by atomic mass is 16.4. The Balaban J connectivity index is 1.48. The summed E-state index contributed by atoms with van der Waals surface area (Å²) < 4.78 is 1.77. The molecule has 0 fully saturated rings. The number of carbonyl (C=O) groups is 2. The largest absolute Gasteiger partial charge is 0.480 e. The van der Waals surface area contributed by atoms with Crippen molar-refractivity contribution >= 4 is 11.9 Å². The molecule has 0 bridgehead atoms. The molecule has 3 aromatic rings. The minimum Gasteiger partial charge on any atom is -0.480 e. The second-order valence-corrected chi connectivity index (χ2v) is 6.95. The second kappa shape index (κ2) is 9.16. The van der Waals surface area contributed by atoms with E-state index in [-0.39, 0.29) is 12.3 Å². The molecule has 1 heterocycles. The second-order valence-electron chi connectivity index (χ2n) is 6.95. The Bertz CT molecular complexity index is 978. The zero-order valence-electron chi connectivity index (χ0n) is 16.2. The van der Waals surface area contributed by atoms with Crippen LogP contribution in [0.5, 0.6) is 0 Å². The van der Waals surface area contributed by atoms with Crippen molar-refractivity contribution in [2.75, 3.05) is 6.54 Å². The Kier molecular flexibility index (Phi) is 6.41. The van der Waals surface area contributed by atoms with E-state index >= 15 is 0 Å². The van der Waals surface area contributed by atoms with Crippen molar-refractivity contribution in [1.29, 1.82) is 0 Å². The maximum atomic E-state index is 12.3. The highest BCUT2D eigenvalue weighted by Crippen LogP contribution is 2.18. The number of aromatic nitrogens is 2. The van der Waals surface area contributed by atoms with Crippen LogP contribution in [0.2, 0.25) is 0 Å². The van der Waals surface area contributed by atoms with Crippen molar-refractivity contribution in [1.82, 2.24) is 15.1 Å². The number of amides is 1. The summed E-state index contributed by atoms with van der Waals surface area (Å²) in [6.45, 7) is 0.525. The summed E-state index contributed by atoms with van der Waals surface area (Å²) >= 11 is 0. The SMILES string of the molecule is Cn1cc(-c2ccc(CCNC(=O)c3ccc(CC(N)C(=O)O)cc3)cc2)cn1. The summed E-state index contributed by atoms with van der Waals surface area (Å²) in [6, 6.07) is 14.1. The molecule has 1 amide bonds. The van der Waals surface area contributed by atoms with E-state index in [1.54, 1.807) is 28.9 Å². The quantitative estimate of drug-likeness (QED) is 0.543. The van der Waals surface area contributed by atoms with Gasteiger partial charge in [-0.3, -0.25) is 14.3 Å². The third kappa shape index (κ3) is 5.52. The van der Waals surface area contributed by atoms with E-state index in [1.165, 1.54) is 0 Å². The first kappa shape index (κ1) is 20.3. The number of hydrogen-bond donors (Lipinski definition) is 3. The Hall–Kier alpha value is -3.45. The first-order valence-electron chi connectivity index (χ1n) is 9.36. The van der Waals surface area contributed by atoms with Crippen LogP contribution in [0.4, 0.5) is 0 Å². The summed E-state index contributed by atoms with van der Waals surface area (Å²) in [5.41, 5.74) is 10.2. The summed E-state index contributed by atoms with van der Waals surface area (Å²) in [5, 5.41) is 15.9. The molecule has 1 unspecified atom stereocenters. The Morgan fingerprint density at radius 1 is 1.07 bits per heavy atom. The van der Waals surface area contributed by atoms with Crippen LogP contribution in [0.1, 0.15) is 21.5 Å². The molecule has 150 valence electrons. The number of nitrogens with two attached hydrogens (primary N) is 1. The van der Waals surface area contributed by atoms with E-state index in [1.807, 2.05) is 19.4 Å². The molecule has 2 aromatic carbocycles. The number of nitrogens with zero attached hydrogens (tertiary/aromatic N) is 2. The third-order valence-corrected chi connectivity index (χ3v) is 4.68. The molecule has 29 heavy (non-hydrogen) atoms. The molecule has 0 aliphatic heterocycles. The van der Waals surface area contributed by atoms with Gasteiger partial charge in [0.05, 0.1) is 6.20 Å². The molecule has 0 saturated heterocycles. The number of rotatable bonds is 8. The van der Waals surface area contributed by atoms with E-state index in [2.05, 4.69) is 34.7 Å². The maximum absolute atomic E-state index is 12.3. The Labute approximate surface area is 169 Å². The van der Waals surface area contributed by atoms with Crippen LogP contribution in [0, 0.1) is 0 Å². The Morgan fingerprint density at radius 2 is 1.72 bits per heavy atom. The molecular weight excluding hydrogens is 368 g/mol. The van der Waals surface area contributed by atoms with E-state index in [9.17, 15) is 9.59 Å². The van der Waals surface area contributed by atoms with Crippen molar-refractivity contribution in [3.63, 3.8) is 0 Å². The number of nitrogens with one attached hydrogen (secondary N) is 1. The van der Waals surface area contributed by atoms with Gasteiger partial charge in [0.2, 0.25) is 0 Å². The third-order valence-electron chi connectivity index (χ3n) is 4.68. The molecule has 7 nitrogen and oxygen atoms in total. The number of hydrogen-bond acceptors (Lipinski definition) is 4. The predicted molar refractivity (Wildman–Crippen MR) is 110 cm³/mol. The van der Waals surface area contributed by atoms with Gasteiger partial charge in [0.1, 0.15) is 6.04 Å². The fraction of sp³-hybridized carbons (Fsp3) is 0.227. The molecule has 0 spiro atoms. The van der Waals surface area contributed by atoms with Crippen LogP contribution in [-0.4, -0.2) is 39.4 Å². The molecule has 0 aliphatic rings. The fourth-order valence-electron chi connectivity index (χ4n) is 2.99. The van der Waals surface area contributed by atoms with E-state index in [0.29, 0.717) is 12.1 Å². The van der Waals surface area contributed by atoms with Gasteiger partial charge in [0, 0.05) is 30.9 Å². The van der Waals surface area contributed by atoms with Crippen LogP contribution in [-0.2, 0) is 24.7 Å². The molecule has 4 N–H and O–H groups in total. The highest BCUT2D eigenvalue weighted by Gasteiger charge is 2.12. The number of aryl methyl sites for hydroxylation is 1. The molecule has 3 rings (SSSR count). The summed E-state index contributed by atoms with van der Waals surface area (Å²) in [7, 11) is 1.89. The van der Waals surface area contributed by atoms with Crippen molar-refractivity contribution in [2.45, 2.75) is 18.9 Å². The summed E-state index contributed by atoms with van der Waals surface area (Å²) in [6.07, 6.45) is 4.75. The fourth-order valence-corrected chi connectivity index (χ4v) is 2.99. The van der Waals surface area contributed by atoms with E-state index in [0.717, 1.165) is 28.7 Å². The summed E-state index contributed by atoms with van der Waals surface area (Å²) in [4.78, 5) is 23.1. The van der Waals surface area contributed by atoms with Gasteiger partial charge in [-0.05, 0) is 41.7 Å². The number of carboxylic acid groups (broad SMARTS) is 1. The van der Waals surface area contributed by atoms with Gasteiger partial charge in [0.25, 0.3) is 5.91 Å². The van der Waals surface area contributed by atoms with E-state index in [4.69, 9.17) is 10.8 Å². The molecule has 0 aliphatic carbocycles. The molecule has 0 saturated carbocycles. The van der Waals surface area contributed by atoms with Gasteiger partial charge in [-0.25, -0.2) is 0 Å². The molecule has 1 atom stereocenters. The zero-order valence-corrected chi connectivity index (χ0v) is 16.2. The standard InChI is InChI=1S/C22H24N4O3/c1-26-14-19(13-25-26)17-6-2-15(3-7-17)10-11-24-21(27)18-8-4-16(5-9-18)12-20(23)22(28)29/h2-9,13-14,20H,10-12,23H2,1H3,(H,24,27)(H,28,29). The minimum atomic E-state index is -1.04. The number of carboxylic acids is 1. The van der Waals surface area contributed by atoms with Crippen molar-refractivity contribution in [3.05, 3.63) is 77.6 Å². The zero-order chi connectivity index (χ0) is 20.8. The van der Waals surface area contributed by atoms with Crippen LogP contribution in [0.25, 0.3) is 11.1 Å². The lowest BCUT2D eigenvalue weighted by Gasteiger charge is -2.08. The number of benzene rings is 2. The summed E-state index contributed by atoms with van der Waals surface area (Å²) in [5.74, 6) is -1.20. The maximum Gasteiger partial charge on any atom is 0.320 e. The predicted octanol–water partition coefficient (Wildman–Crippen LogP) is 2.01. The molecule has 0 radical (unpaired) electrons. The lowest BCUT2D eigenvalue weighted by molar-refractivity contribution is -0.138. The van der Waals surface area contributed by atoms with Gasteiger partial charge < -0.3 is 16.2 Å². The van der Waals surface area contributed by atoms with Gasteiger partial charge in [0.15, 0.2) is 0 Å². The Morgan fingerprint density at radius 3 is 2.31 bits per heavy atom. The van der Waals surface area contributed by atoms with Crippen LogP contribution < -0.4 is 11.1 Å². The smallest absolute Gasteiger partial charge is 0.320 e. The van der Waals surface area contributed by atoms with Gasteiger partial charge in [-0.2, -0.15) is 5.10 Å². The first-order valence-corrected chi connectivity index (χ1v) is 9.36. The lowest BCUT2D eigenvalue weighted by atomic mass is 10.0. The molecule has 7 heteroatoms. The number of carbonyl (C=O) groups excluding carboxylic acids is 1. The molecular formula is C22H24N4O3. The van der Waals surface area contributed by atoms with Crippen molar-refractivity contribution in [3.8, 4) is 11.1 Å². The minimum absolute atomic E-state index is 0.161. The van der Waals surface area contributed by atoms with Crippen LogP contribution in [0.3, 0.4) is 0 Å². The topological polar surface area (TPSA) is 110 Å². The van der Waals surface area contributed by atoms with Gasteiger partial charge >= 0.3 is 5.97 Å². The first-order chi connectivity index (χ1) is 13.9. The van der Waals surface area contributed by atoms with Gasteiger partial charge in [-0.1, -0.05) is 36.4 Å². The van der Waals surface area contributed by atoms with Crippen molar-refractivity contribution in [2.24, 2.45) is 12.8 Å². The van der Waals surface area contributed by atoms with E-state index < -0.39 is 12.0 Å². The van der Waals surface area contributed by atoms with Crippen LogP contribution >= 0.6 is 0 Å². The van der Waals surface area contributed by atoms with Crippen LogP contribution in [0.15, 0.2) is 60.9 Å². The average molecular weight is 392 g/mol. The average Bonchev–Trinajstić information content (AvgIpc) is 3.15.